The van der Waals surface area contributed by atoms with Crippen LogP contribution in [0.25, 0.3) is 11.5 Å². The van der Waals surface area contributed by atoms with Gasteiger partial charge in [-0.05, 0) is 44.1 Å². The zero-order valence-corrected chi connectivity index (χ0v) is 19.6. The number of aromatic nitrogens is 5. The SMILES string of the molecule is O=[N+]([O-])c1ccc(-c2nnc(C3CCN(CC(O)(Cn4cncn4)c4ccc(F)cc4F)CC3)o2)cc1. The number of nitro benzene ring substituents is 1. The molecule has 5 rings (SSSR count). The quantitative estimate of drug-likeness (QED) is 0.279. The van der Waals surface area contributed by atoms with Crippen molar-refractivity contribution in [2.45, 2.75) is 30.9 Å². The van der Waals surface area contributed by atoms with E-state index >= 15 is 0 Å². The van der Waals surface area contributed by atoms with Crippen LogP contribution in [0, 0.1) is 21.7 Å². The molecule has 0 aliphatic carbocycles. The highest BCUT2D eigenvalue weighted by molar-refractivity contribution is 5.55. The Balaban J connectivity index is 1.27. The minimum Gasteiger partial charge on any atom is -0.420 e. The number of likely N-dealkylation sites (tertiary alicyclic amines) is 1. The average molecular weight is 511 g/mol. The van der Waals surface area contributed by atoms with Gasteiger partial charge in [0.2, 0.25) is 11.8 Å². The van der Waals surface area contributed by atoms with Gasteiger partial charge in [-0.15, -0.1) is 10.2 Å². The van der Waals surface area contributed by atoms with E-state index in [1.807, 2.05) is 4.90 Å². The Hall–Kier alpha value is -4.10. The molecule has 37 heavy (non-hydrogen) atoms. The molecule has 0 bridgehead atoms. The lowest BCUT2D eigenvalue weighted by Crippen LogP contribution is -2.47. The summed E-state index contributed by atoms with van der Waals surface area (Å²) in [6, 6.07) is 9.00. The Labute approximate surface area is 209 Å². The summed E-state index contributed by atoms with van der Waals surface area (Å²) in [4.78, 5) is 16.3. The number of aliphatic hydroxyl groups is 1. The van der Waals surface area contributed by atoms with Gasteiger partial charge in [0.05, 0.1) is 11.5 Å². The fraction of sp³-hybridized carbons (Fsp3) is 0.333. The lowest BCUT2D eigenvalue weighted by Gasteiger charge is -2.37. The molecule has 0 amide bonds. The molecular formula is C24H23F2N7O4. The van der Waals surface area contributed by atoms with Crippen molar-refractivity contribution in [1.82, 2.24) is 29.9 Å². The molecule has 0 spiro atoms. The van der Waals surface area contributed by atoms with Crippen LogP contribution in [0.1, 0.15) is 30.2 Å². The monoisotopic (exact) mass is 511 g/mol. The van der Waals surface area contributed by atoms with Crippen molar-refractivity contribution >= 4 is 5.69 Å². The normalized spacial score (nSPS) is 16.5. The summed E-state index contributed by atoms with van der Waals surface area (Å²) in [5, 5.41) is 34.7. The zero-order valence-electron chi connectivity index (χ0n) is 19.6. The predicted octanol–water partition coefficient (Wildman–Crippen LogP) is 3.28. The van der Waals surface area contributed by atoms with Gasteiger partial charge >= 0.3 is 0 Å². The van der Waals surface area contributed by atoms with Gasteiger partial charge < -0.3 is 14.4 Å². The minimum absolute atomic E-state index is 0.0125. The summed E-state index contributed by atoms with van der Waals surface area (Å²) in [7, 11) is 0. The molecule has 2 aromatic heterocycles. The van der Waals surface area contributed by atoms with Crippen LogP contribution in [0.3, 0.4) is 0 Å². The van der Waals surface area contributed by atoms with Gasteiger partial charge in [-0.25, -0.2) is 18.4 Å². The summed E-state index contributed by atoms with van der Waals surface area (Å²) in [5.41, 5.74) is -1.14. The highest BCUT2D eigenvalue weighted by Crippen LogP contribution is 2.33. The molecule has 2 aromatic carbocycles. The van der Waals surface area contributed by atoms with Crippen LogP contribution in [0.5, 0.6) is 0 Å². The van der Waals surface area contributed by atoms with E-state index in [4.69, 9.17) is 4.42 Å². The highest BCUT2D eigenvalue weighted by atomic mass is 19.1. The average Bonchev–Trinajstić information content (AvgIpc) is 3.57. The number of rotatable bonds is 8. The van der Waals surface area contributed by atoms with Crippen LogP contribution in [-0.4, -0.2) is 59.5 Å². The van der Waals surface area contributed by atoms with E-state index in [2.05, 4.69) is 20.3 Å². The Kier molecular flexibility index (Phi) is 6.72. The number of non-ortho nitro benzene ring substituents is 1. The first-order valence-corrected chi connectivity index (χ1v) is 11.6. The number of piperidine rings is 1. The second-order valence-electron chi connectivity index (χ2n) is 9.05. The first kappa shape index (κ1) is 24.6. The van der Waals surface area contributed by atoms with Crippen LogP contribution < -0.4 is 0 Å². The lowest BCUT2D eigenvalue weighted by atomic mass is 9.90. The van der Waals surface area contributed by atoms with E-state index in [0.717, 1.165) is 12.1 Å². The topological polar surface area (TPSA) is 136 Å². The third kappa shape index (κ3) is 5.37. The molecule has 1 aliphatic rings. The molecule has 1 fully saturated rings. The Bertz CT molecular complexity index is 1370. The minimum atomic E-state index is -1.67. The van der Waals surface area contributed by atoms with Crippen LogP contribution in [0.4, 0.5) is 14.5 Å². The van der Waals surface area contributed by atoms with Gasteiger partial charge in [0, 0.05) is 41.8 Å². The van der Waals surface area contributed by atoms with Gasteiger partial charge in [-0.1, -0.05) is 6.07 Å². The first-order chi connectivity index (χ1) is 17.8. The lowest BCUT2D eigenvalue weighted by molar-refractivity contribution is -0.384. The number of halogens is 2. The maximum atomic E-state index is 14.7. The van der Waals surface area contributed by atoms with E-state index in [0.29, 0.717) is 37.4 Å². The van der Waals surface area contributed by atoms with Crippen LogP contribution in [0.2, 0.25) is 0 Å². The molecule has 1 unspecified atom stereocenters. The Morgan fingerprint density at radius 2 is 1.86 bits per heavy atom. The fourth-order valence-corrected chi connectivity index (χ4v) is 4.62. The summed E-state index contributed by atoms with van der Waals surface area (Å²) in [6.07, 6.45) is 4.07. The predicted molar refractivity (Wildman–Crippen MR) is 125 cm³/mol. The number of nitrogens with zero attached hydrogens (tertiary/aromatic N) is 7. The summed E-state index contributed by atoms with van der Waals surface area (Å²) in [6.45, 7) is 1.18. The van der Waals surface area contributed by atoms with Gasteiger partial charge in [0.25, 0.3) is 5.69 Å². The van der Waals surface area contributed by atoms with Crippen molar-refractivity contribution in [1.29, 1.82) is 0 Å². The van der Waals surface area contributed by atoms with Crippen molar-refractivity contribution < 1.29 is 23.2 Å². The number of hydrogen-bond acceptors (Lipinski definition) is 9. The standard InChI is InChI=1S/C24H23F2N7O4/c25-18-3-6-20(21(26)11-18)24(34,13-32-15-27-14-28-32)12-31-9-7-17(8-10-31)23-30-29-22(37-23)16-1-4-19(5-2-16)33(35)36/h1-6,11,14-15,17,34H,7-10,12-13H2. The number of benzene rings is 2. The second-order valence-corrected chi connectivity index (χ2v) is 9.05. The molecule has 0 radical (unpaired) electrons. The van der Waals surface area contributed by atoms with Gasteiger partial charge in [-0.3, -0.25) is 10.1 Å². The number of nitro groups is 1. The van der Waals surface area contributed by atoms with Gasteiger partial charge in [-0.2, -0.15) is 5.10 Å². The van der Waals surface area contributed by atoms with E-state index < -0.39 is 22.2 Å². The van der Waals surface area contributed by atoms with Crippen molar-refractivity contribution in [2.75, 3.05) is 19.6 Å². The molecule has 13 heteroatoms. The smallest absolute Gasteiger partial charge is 0.269 e. The molecule has 192 valence electrons. The molecule has 11 nitrogen and oxygen atoms in total. The summed E-state index contributed by atoms with van der Waals surface area (Å²) >= 11 is 0. The van der Waals surface area contributed by atoms with Crippen molar-refractivity contribution in [3.63, 3.8) is 0 Å². The number of β-amino-alcohol motifs (C(OH)–C–C–N with tert-alkyl or cyclic N) is 1. The summed E-state index contributed by atoms with van der Waals surface area (Å²) < 4.78 is 35.5. The molecule has 4 aromatic rings. The zero-order chi connectivity index (χ0) is 26.0. The molecule has 3 heterocycles. The Morgan fingerprint density at radius 3 is 2.51 bits per heavy atom. The first-order valence-electron chi connectivity index (χ1n) is 11.6. The largest absolute Gasteiger partial charge is 0.420 e. The number of hydrogen-bond donors (Lipinski definition) is 1. The van der Waals surface area contributed by atoms with Gasteiger partial charge in [0.15, 0.2) is 0 Å². The van der Waals surface area contributed by atoms with Gasteiger partial charge in [0.1, 0.15) is 29.9 Å². The third-order valence-corrected chi connectivity index (χ3v) is 6.51. The molecular weight excluding hydrogens is 488 g/mol. The fourth-order valence-electron chi connectivity index (χ4n) is 4.62. The van der Waals surface area contributed by atoms with E-state index in [-0.39, 0.29) is 36.1 Å². The van der Waals surface area contributed by atoms with Crippen molar-refractivity contribution in [3.8, 4) is 11.5 Å². The van der Waals surface area contributed by atoms with Crippen LogP contribution in [0.15, 0.2) is 59.5 Å². The highest BCUT2D eigenvalue weighted by Gasteiger charge is 2.37. The van der Waals surface area contributed by atoms with E-state index in [1.165, 1.54) is 35.5 Å². The van der Waals surface area contributed by atoms with Crippen molar-refractivity contribution in [3.05, 3.63) is 88.3 Å². The molecule has 1 N–H and O–H groups in total. The van der Waals surface area contributed by atoms with E-state index in [1.54, 1.807) is 12.1 Å². The molecule has 1 saturated heterocycles. The van der Waals surface area contributed by atoms with E-state index in [9.17, 15) is 24.0 Å². The van der Waals surface area contributed by atoms with Crippen LogP contribution >= 0.6 is 0 Å². The van der Waals surface area contributed by atoms with Crippen molar-refractivity contribution in [2.24, 2.45) is 0 Å². The molecule has 1 atom stereocenters. The third-order valence-electron chi connectivity index (χ3n) is 6.51. The van der Waals surface area contributed by atoms with Crippen LogP contribution in [-0.2, 0) is 12.1 Å². The summed E-state index contributed by atoms with van der Waals surface area (Å²) in [5.74, 6) is -0.821. The maximum absolute atomic E-state index is 14.7. The molecule has 1 aliphatic heterocycles. The Morgan fingerprint density at radius 1 is 1.11 bits per heavy atom. The maximum Gasteiger partial charge on any atom is 0.269 e. The molecule has 0 saturated carbocycles. The second kappa shape index (κ2) is 10.1.